The van der Waals surface area contributed by atoms with Crippen LogP contribution in [0.4, 0.5) is 4.79 Å². The van der Waals surface area contributed by atoms with Crippen molar-refractivity contribution in [2.45, 2.75) is 45.8 Å². The van der Waals surface area contributed by atoms with Gasteiger partial charge in [0, 0.05) is 40.5 Å². The molecule has 0 saturated carbocycles. The smallest absolute Gasteiger partial charge is 0.410 e. The third kappa shape index (κ3) is 5.25. The zero-order valence-electron chi connectivity index (χ0n) is 17.8. The van der Waals surface area contributed by atoms with E-state index in [9.17, 15) is 4.79 Å². The standard InChI is InChI=1S/C23H25Cl2N3O2S/c1-23(2,3)30-22(29)27-12-10-18-19(11-13-27)26-28(14-17-8-9-20(25)31-17)21(18)15-4-6-16(24)7-5-15/h4-9H,10-14H2,1-3H3. The Morgan fingerprint density at radius 3 is 2.45 bits per heavy atom. The van der Waals surface area contributed by atoms with E-state index in [0.717, 1.165) is 32.6 Å². The lowest BCUT2D eigenvalue weighted by Gasteiger charge is -2.26. The van der Waals surface area contributed by atoms with E-state index in [0.29, 0.717) is 31.1 Å². The highest BCUT2D eigenvalue weighted by Gasteiger charge is 2.28. The summed E-state index contributed by atoms with van der Waals surface area (Å²) >= 11 is 13.8. The SMILES string of the molecule is CC(C)(C)OC(=O)N1CCc2nn(Cc3ccc(Cl)s3)c(-c3ccc(Cl)cc3)c2CC1. The van der Waals surface area contributed by atoms with Crippen molar-refractivity contribution in [1.29, 1.82) is 0 Å². The first-order valence-electron chi connectivity index (χ1n) is 10.3. The molecule has 1 aromatic carbocycles. The quantitative estimate of drug-likeness (QED) is 0.444. The molecule has 0 N–H and O–H groups in total. The van der Waals surface area contributed by atoms with Gasteiger partial charge >= 0.3 is 6.09 Å². The van der Waals surface area contributed by atoms with E-state index in [1.807, 2.05) is 57.2 Å². The van der Waals surface area contributed by atoms with Gasteiger partial charge in [0.05, 0.1) is 22.3 Å². The van der Waals surface area contributed by atoms with E-state index in [1.54, 1.807) is 16.2 Å². The molecule has 2 aromatic heterocycles. The van der Waals surface area contributed by atoms with Gasteiger partial charge in [0.2, 0.25) is 0 Å². The summed E-state index contributed by atoms with van der Waals surface area (Å²) in [6.45, 7) is 7.49. The second-order valence-electron chi connectivity index (χ2n) is 8.61. The zero-order valence-corrected chi connectivity index (χ0v) is 20.2. The number of nitrogens with zero attached hydrogens (tertiary/aromatic N) is 3. The van der Waals surface area contributed by atoms with Crippen LogP contribution in [-0.2, 0) is 24.1 Å². The minimum atomic E-state index is -0.511. The Bertz CT molecular complexity index is 1080. The Balaban J connectivity index is 1.66. The summed E-state index contributed by atoms with van der Waals surface area (Å²) < 4.78 is 8.40. The zero-order chi connectivity index (χ0) is 22.2. The van der Waals surface area contributed by atoms with Crippen LogP contribution in [0.3, 0.4) is 0 Å². The van der Waals surface area contributed by atoms with Crippen LogP contribution in [0.2, 0.25) is 9.36 Å². The molecule has 164 valence electrons. The Morgan fingerprint density at radius 1 is 1.10 bits per heavy atom. The highest BCUT2D eigenvalue weighted by molar-refractivity contribution is 7.16. The molecule has 0 spiro atoms. The Labute approximate surface area is 196 Å². The lowest BCUT2D eigenvalue weighted by Crippen LogP contribution is -2.38. The lowest BCUT2D eigenvalue weighted by molar-refractivity contribution is 0.0258. The van der Waals surface area contributed by atoms with Gasteiger partial charge in [-0.15, -0.1) is 11.3 Å². The average molecular weight is 478 g/mol. The normalized spacial score (nSPS) is 14.3. The number of aromatic nitrogens is 2. The van der Waals surface area contributed by atoms with Crippen molar-refractivity contribution >= 4 is 40.6 Å². The number of carbonyl (C=O) groups is 1. The van der Waals surface area contributed by atoms with Crippen molar-refractivity contribution in [1.82, 2.24) is 14.7 Å². The lowest BCUT2D eigenvalue weighted by atomic mass is 10.0. The van der Waals surface area contributed by atoms with Crippen molar-refractivity contribution in [2.24, 2.45) is 0 Å². The number of benzene rings is 1. The number of amides is 1. The molecule has 31 heavy (non-hydrogen) atoms. The van der Waals surface area contributed by atoms with Gasteiger partial charge in [-0.3, -0.25) is 4.68 Å². The van der Waals surface area contributed by atoms with E-state index in [2.05, 4.69) is 4.68 Å². The number of carbonyl (C=O) groups excluding carboxylic acids is 1. The molecule has 0 bridgehead atoms. The Kier molecular flexibility index (Phi) is 6.33. The van der Waals surface area contributed by atoms with Crippen LogP contribution in [0, 0.1) is 0 Å². The molecule has 1 aliphatic rings. The average Bonchev–Trinajstić information content (AvgIpc) is 3.17. The number of halogens is 2. The molecule has 1 amide bonds. The Hall–Kier alpha value is -2.02. The number of hydrogen-bond donors (Lipinski definition) is 0. The van der Waals surface area contributed by atoms with Gasteiger partial charge in [-0.25, -0.2) is 4.79 Å². The number of thiophene rings is 1. The van der Waals surface area contributed by atoms with Crippen molar-refractivity contribution < 1.29 is 9.53 Å². The molecule has 4 rings (SSSR count). The topological polar surface area (TPSA) is 47.4 Å². The molecule has 3 heterocycles. The van der Waals surface area contributed by atoms with E-state index in [1.165, 1.54) is 5.56 Å². The van der Waals surface area contributed by atoms with Crippen molar-refractivity contribution in [2.75, 3.05) is 13.1 Å². The van der Waals surface area contributed by atoms with Gasteiger partial charge in [-0.1, -0.05) is 35.3 Å². The Morgan fingerprint density at radius 2 is 1.81 bits per heavy atom. The molecule has 0 radical (unpaired) electrons. The van der Waals surface area contributed by atoms with Crippen LogP contribution < -0.4 is 0 Å². The molecule has 1 aliphatic heterocycles. The minimum Gasteiger partial charge on any atom is -0.444 e. The first-order chi connectivity index (χ1) is 14.7. The van der Waals surface area contributed by atoms with Gasteiger partial charge in [0.15, 0.2) is 0 Å². The third-order valence-corrected chi connectivity index (χ3v) is 6.56. The first kappa shape index (κ1) is 22.2. The van der Waals surface area contributed by atoms with E-state index in [-0.39, 0.29) is 6.09 Å². The van der Waals surface area contributed by atoms with Crippen LogP contribution in [0.5, 0.6) is 0 Å². The van der Waals surface area contributed by atoms with E-state index < -0.39 is 5.60 Å². The fourth-order valence-corrected chi connectivity index (χ4v) is 4.95. The highest BCUT2D eigenvalue weighted by atomic mass is 35.5. The van der Waals surface area contributed by atoms with Crippen LogP contribution in [-0.4, -0.2) is 39.5 Å². The number of fused-ring (bicyclic) bond motifs is 1. The third-order valence-electron chi connectivity index (χ3n) is 5.09. The van der Waals surface area contributed by atoms with Crippen LogP contribution in [0.15, 0.2) is 36.4 Å². The van der Waals surface area contributed by atoms with E-state index >= 15 is 0 Å². The predicted octanol–water partition coefficient (Wildman–Crippen LogP) is 6.30. The first-order valence-corrected chi connectivity index (χ1v) is 11.8. The van der Waals surface area contributed by atoms with Gasteiger partial charge in [-0.05, 0) is 51.5 Å². The second-order valence-corrected chi connectivity index (χ2v) is 10.8. The molecule has 8 heteroatoms. The summed E-state index contributed by atoms with van der Waals surface area (Å²) in [4.78, 5) is 15.5. The molecule has 0 saturated heterocycles. The summed E-state index contributed by atoms with van der Waals surface area (Å²) in [5, 5.41) is 5.65. The predicted molar refractivity (Wildman–Crippen MR) is 126 cm³/mol. The fraction of sp³-hybridized carbons (Fsp3) is 0.391. The van der Waals surface area contributed by atoms with Crippen molar-refractivity contribution in [3.8, 4) is 11.3 Å². The largest absolute Gasteiger partial charge is 0.444 e. The maximum atomic E-state index is 12.6. The highest BCUT2D eigenvalue weighted by Crippen LogP contribution is 2.32. The van der Waals surface area contributed by atoms with Crippen LogP contribution >= 0.6 is 34.5 Å². The van der Waals surface area contributed by atoms with Gasteiger partial charge in [-0.2, -0.15) is 5.10 Å². The molecule has 0 atom stereocenters. The molecule has 0 unspecified atom stereocenters. The molecule has 5 nitrogen and oxygen atoms in total. The monoisotopic (exact) mass is 477 g/mol. The van der Waals surface area contributed by atoms with Crippen molar-refractivity contribution in [3.05, 3.63) is 61.9 Å². The number of ether oxygens (including phenoxy) is 1. The van der Waals surface area contributed by atoms with Gasteiger partial charge in [0.25, 0.3) is 0 Å². The summed E-state index contributed by atoms with van der Waals surface area (Å²) in [5.41, 5.74) is 3.83. The van der Waals surface area contributed by atoms with Crippen LogP contribution in [0.1, 0.15) is 36.9 Å². The molecular weight excluding hydrogens is 453 g/mol. The number of rotatable bonds is 3. The second kappa shape index (κ2) is 8.85. The van der Waals surface area contributed by atoms with Crippen LogP contribution in [0.25, 0.3) is 11.3 Å². The van der Waals surface area contributed by atoms with E-state index in [4.69, 9.17) is 33.0 Å². The maximum absolute atomic E-state index is 12.6. The van der Waals surface area contributed by atoms with Gasteiger partial charge < -0.3 is 9.64 Å². The minimum absolute atomic E-state index is 0.271. The summed E-state index contributed by atoms with van der Waals surface area (Å²) in [7, 11) is 0. The molecule has 3 aromatic rings. The summed E-state index contributed by atoms with van der Waals surface area (Å²) in [6.07, 6.45) is 1.14. The van der Waals surface area contributed by atoms with Crippen molar-refractivity contribution in [3.63, 3.8) is 0 Å². The van der Waals surface area contributed by atoms with Gasteiger partial charge in [0.1, 0.15) is 5.60 Å². The fourth-order valence-electron chi connectivity index (χ4n) is 3.75. The molecule has 0 aliphatic carbocycles. The summed E-state index contributed by atoms with van der Waals surface area (Å²) in [5.74, 6) is 0. The molecule has 0 fully saturated rings. The maximum Gasteiger partial charge on any atom is 0.410 e. The molecular formula is C23H25Cl2N3O2S. The summed E-state index contributed by atoms with van der Waals surface area (Å²) in [6, 6.07) is 11.8. The number of hydrogen-bond acceptors (Lipinski definition) is 4.